The van der Waals surface area contributed by atoms with E-state index in [1.165, 1.54) is 24.3 Å². The molecule has 2 aromatic rings. The minimum atomic E-state index is -3.10. The lowest BCUT2D eigenvalue weighted by Crippen LogP contribution is -2.42. The summed E-state index contributed by atoms with van der Waals surface area (Å²) in [6, 6.07) is 4.93. The van der Waals surface area contributed by atoms with Gasteiger partial charge in [-0.1, -0.05) is 11.6 Å². The van der Waals surface area contributed by atoms with Gasteiger partial charge in [-0.25, -0.2) is 17.8 Å². The molecule has 1 fully saturated rings. The van der Waals surface area contributed by atoms with E-state index in [1.807, 2.05) is 0 Å². The fourth-order valence-corrected chi connectivity index (χ4v) is 4.62. The first-order chi connectivity index (χ1) is 12.2. The molecule has 1 aliphatic rings. The lowest BCUT2D eigenvalue weighted by atomic mass is 10.1. The minimum Gasteiger partial charge on any atom is -0.351 e. The van der Waals surface area contributed by atoms with Gasteiger partial charge in [-0.05, 0) is 24.6 Å². The molecule has 1 aromatic carbocycles. The van der Waals surface area contributed by atoms with Gasteiger partial charge in [-0.2, -0.15) is 0 Å². The Labute approximate surface area is 153 Å². The molecule has 1 aromatic heterocycles. The second-order valence-corrected chi connectivity index (χ2v) is 8.60. The lowest BCUT2D eigenvalue weighted by Gasteiger charge is -2.12. The SMILES string of the molecule is O=C(CNC(=O)c1cc2ccc(F)cc2nc1Cl)NC1CCS(=O)(=O)C1. The van der Waals surface area contributed by atoms with Crippen LogP contribution in [0.15, 0.2) is 24.3 Å². The summed E-state index contributed by atoms with van der Waals surface area (Å²) in [4.78, 5) is 28.1. The van der Waals surface area contributed by atoms with E-state index in [0.717, 1.165) is 0 Å². The zero-order chi connectivity index (χ0) is 18.9. The van der Waals surface area contributed by atoms with E-state index in [9.17, 15) is 22.4 Å². The van der Waals surface area contributed by atoms with E-state index in [2.05, 4.69) is 15.6 Å². The normalized spacial score (nSPS) is 18.6. The van der Waals surface area contributed by atoms with E-state index in [0.29, 0.717) is 17.3 Å². The third kappa shape index (κ3) is 4.28. The van der Waals surface area contributed by atoms with Crippen LogP contribution >= 0.6 is 11.6 Å². The molecule has 2 amide bonds. The monoisotopic (exact) mass is 399 g/mol. The number of benzene rings is 1. The van der Waals surface area contributed by atoms with Gasteiger partial charge in [-0.15, -0.1) is 0 Å². The Morgan fingerprint density at radius 2 is 2.08 bits per heavy atom. The molecule has 3 rings (SSSR count). The zero-order valence-electron chi connectivity index (χ0n) is 13.5. The summed E-state index contributed by atoms with van der Waals surface area (Å²) in [5.74, 6) is -1.62. The zero-order valence-corrected chi connectivity index (χ0v) is 15.0. The number of carbonyl (C=O) groups excluding carboxylic acids is 2. The van der Waals surface area contributed by atoms with Crippen molar-refractivity contribution in [3.63, 3.8) is 0 Å². The summed E-state index contributed by atoms with van der Waals surface area (Å²) in [7, 11) is -3.10. The summed E-state index contributed by atoms with van der Waals surface area (Å²) in [6.07, 6.45) is 0.360. The average Bonchev–Trinajstić information content (AvgIpc) is 2.90. The van der Waals surface area contributed by atoms with Crippen molar-refractivity contribution < 1.29 is 22.4 Å². The topological polar surface area (TPSA) is 105 Å². The third-order valence-electron chi connectivity index (χ3n) is 3.98. The van der Waals surface area contributed by atoms with E-state index < -0.39 is 33.5 Å². The molecule has 1 aliphatic heterocycles. The van der Waals surface area contributed by atoms with Crippen molar-refractivity contribution >= 4 is 44.2 Å². The van der Waals surface area contributed by atoms with Gasteiger partial charge in [0.1, 0.15) is 11.0 Å². The van der Waals surface area contributed by atoms with E-state index in [4.69, 9.17) is 11.6 Å². The number of hydrogen-bond acceptors (Lipinski definition) is 5. The number of rotatable bonds is 4. The van der Waals surface area contributed by atoms with Crippen molar-refractivity contribution in [1.82, 2.24) is 15.6 Å². The van der Waals surface area contributed by atoms with Crippen LogP contribution in [0.4, 0.5) is 4.39 Å². The van der Waals surface area contributed by atoms with E-state index in [1.54, 1.807) is 0 Å². The van der Waals surface area contributed by atoms with Crippen molar-refractivity contribution in [2.24, 2.45) is 0 Å². The van der Waals surface area contributed by atoms with Gasteiger partial charge in [-0.3, -0.25) is 9.59 Å². The van der Waals surface area contributed by atoms with Crippen molar-refractivity contribution in [1.29, 1.82) is 0 Å². The molecule has 0 spiro atoms. The van der Waals surface area contributed by atoms with Crippen LogP contribution in [0.3, 0.4) is 0 Å². The summed E-state index contributed by atoms with van der Waals surface area (Å²) in [5, 5.41) is 5.40. The molecular formula is C16H15ClFN3O4S. The van der Waals surface area contributed by atoms with Crippen LogP contribution in [0.25, 0.3) is 10.9 Å². The maximum absolute atomic E-state index is 13.2. The second kappa shape index (κ2) is 7.16. The van der Waals surface area contributed by atoms with Crippen molar-refractivity contribution in [2.75, 3.05) is 18.1 Å². The Morgan fingerprint density at radius 3 is 2.77 bits per heavy atom. The van der Waals surface area contributed by atoms with E-state index in [-0.39, 0.29) is 28.8 Å². The molecule has 0 aliphatic carbocycles. The molecular weight excluding hydrogens is 385 g/mol. The number of nitrogens with one attached hydrogen (secondary N) is 2. The second-order valence-electron chi connectivity index (χ2n) is 6.01. The highest BCUT2D eigenvalue weighted by Crippen LogP contribution is 2.21. The summed E-state index contributed by atoms with van der Waals surface area (Å²) in [6.45, 7) is -0.326. The van der Waals surface area contributed by atoms with Crippen LogP contribution in [0.2, 0.25) is 5.15 Å². The van der Waals surface area contributed by atoms with Crippen LogP contribution in [-0.2, 0) is 14.6 Å². The molecule has 0 saturated carbocycles. The number of carbonyl (C=O) groups is 2. The molecule has 0 bridgehead atoms. The first-order valence-corrected chi connectivity index (χ1v) is 9.97. The number of halogens is 2. The molecule has 10 heteroatoms. The summed E-state index contributed by atoms with van der Waals surface area (Å²) in [5.41, 5.74) is 0.369. The fourth-order valence-electron chi connectivity index (χ4n) is 2.72. The van der Waals surface area contributed by atoms with Gasteiger partial charge >= 0.3 is 0 Å². The summed E-state index contributed by atoms with van der Waals surface area (Å²) >= 11 is 5.97. The maximum Gasteiger partial charge on any atom is 0.254 e. The predicted molar refractivity (Wildman–Crippen MR) is 94.2 cm³/mol. The van der Waals surface area contributed by atoms with Crippen LogP contribution in [-0.4, -0.2) is 49.3 Å². The largest absolute Gasteiger partial charge is 0.351 e. The number of aromatic nitrogens is 1. The predicted octanol–water partition coefficient (Wildman–Crippen LogP) is 1.06. The van der Waals surface area contributed by atoms with Gasteiger partial charge in [0, 0.05) is 17.5 Å². The minimum absolute atomic E-state index is 0.0449. The average molecular weight is 400 g/mol. The molecule has 138 valence electrons. The molecule has 2 N–H and O–H groups in total. The number of amides is 2. The standard InChI is InChI=1S/C16H15ClFN3O4S/c17-15-12(5-9-1-2-10(18)6-13(9)21-15)16(23)19-7-14(22)20-11-3-4-26(24,25)8-11/h1-2,5-6,11H,3-4,7-8H2,(H,19,23)(H,20,22). The summed E-state index contributed by atoms with van der Waals surface area (Å²) < 4.78 is 36.0. The van der Waals surface area contributed by atoms with Gasteiger partial charge in [0.05, 0.1) is 29.1 Å². The smallest absolute Gasteiger partial charge is 0.254 e. The Hall–Kier alpha value is -2.26. The Kier molecular flexibility index (Phi) is 5.10. The number of pyridine rings is 1. The lowest BCUT2D eigenvalue weighted by molar-refractivity contribution is -0.120. The van der Waals surface area contributed by atoms with Crippen LogP contribution < -0.4 is 10.6 Å². The maximum atomic E-state index is 13.2. The molecule has 1 atom stereocenters. The molecule has 26 heavy (non-hydrogen) atoms. The fraction of sp³-hybridized carbons (Fsp3) is 0.312. The Bertz CT molecular complexity index is 996. The van der Waals surface area contributed by atoms with Gasteiger partial charge in [0.25, 0.3) is 5.91 Å². The van der Waals surface area contributed by atoms with Crippen LogP contribution in [0.5, 0.6) is 0 Å². The number of nitrogens with zero attached hydrogens (tertiary/aromatic N) is 1. The van der Waals surface area contributed by atoms with Crippen molar-refractivity contribution in [3.8, 4) is 0 Å². The quantitative estimate of drug-likeness (QED) is 0.748. The molecule has 1 unspecified atom stereocenters. The number of sulfone groups is 1. The van der Waals surface area contributed by atoms with Gasteiger partial charge < -0.3 is 10.6 Å². The van der Waals surface area contributed by atoms with Crippen molar-refractivity contribution in [2.45, 2.75) is 12.5 Å². The first-order valence-electron chi connectivity index (χ1n) is 7.77. The molecule has 1 saturated heterocycles. The third-order valence-corrected chi connectivity index (χ3v) is 6.04. The highest BCUT2D eigenvalue weighted by molar-refractivity contribution is 7.91. The Morgan fingerprint density at radius 1 is 1.31 bits per heavy atom. The number of hydrogen-bond donors (Lipinski definition) is 2. The van der Waals surface area contributed by atoms with Crippen molar-refractivity contribution in [3.05, 3.63) is 40.8 Å². The van der Waals surface area contributed by atoms with E-state index >= 15 is 0 Å². The Balaban J connectivity index is 1.63. The first kappa shape index (κ1) is 18.5. The molecule has 2 heterocycles. The highest BCUT2D eigenvalue weighted by Gasteiger charge is 2.28. The molecule has 0 radical (unpaired) electrons. The number of fused-ring (bicyclic) bond motifs is 1. The van der Waals surface area contributed by atoms with Crippen LogP contribution in [0.1, 0.15) is 16.8 Å². The van der Waals surface area contributed by atoms with Gasteiger partial charge in [0.2, 0.25) is 5.91 Å². The van der Waals surface area contributed by atoms with Crippen LogP contribution in [0, 0.1) is 5.82 Å². The van der Waals surface area contributed by atoms with Gasteiger partial charge in [0.15, 0.2) is 9.84 Å². The highest BCUT2D eigenvalue weighted by atomic mass is 35.5. The molecule has 7 nitrogen and oxygen atoms in total.